The predicted octanol–water partition coefficient (Wildman–Crippen LogP) is 1.66. The summed E-state index contributed by atoms with van der Waals surface area (Å²) < 4.78 is 11.7. The normalized spacial score (nSPS) is 33.9. The first-order valence-electron chi connectivity index (χ1n) is 11.1. The van der Waals surface area contributed by atoms with Gasteiger partial charge in [0.2, 0.25) is 11.8 Å². The highest BCUT2D eigenvalue weighted by Crippen LogP contribution is 2.60. The van der Waals surface area contributed by atoms with Crippen molar-refractivity contribution in [3.05, 3.63) is 25.3 Å². The van der Waals surface area contributed by atoms with Crippen molar-refractivity contribution in [1.29, 1.82) is 0 Å². The van der Waals surface area contributed by atoms with Gasteiger partial charge in [-0.2, -0.15) is 0 Å². The van der Waals surface area contributed by atoms with Gasteiger partial charge in [0.1, 0.15) is 18.2 Å². The topological polar surface area (TPSA) is 96.4 Å². The van der Waals surface area contributed by atoms with Crippen molar-refractivity contribution in [2.24, 2.45) is 11.8 Å². The summed E-state index contributed by atoms with van der Waals surface area (Å²) in [6, 6.07) is -1.63. The number of likely N-dealkylation sites (tertiary alicyclic amines) is 1. The third-order valence-corrected chi connectivity index (χ3v) is 7.73. The molecule has 3 unspecified atom stereocenters. The van der Waals surface area contributed by atoms with E-state index in [4.69, 9.17) is 9.47 Å². The molecule has 178 valence electrons. The van der Waals surface area contributed by atoms with Gasteiger partial charge in [-0.05, 0) is 26.7 Å². The lowest BCUT2D eigenvalue weighted by Crippen LogP contribution is -2.59. The molecule has 8 nitrogen and oxygen atoms in total. The van der Waals surface area contributed by atoms with Crippen molar-refractivity contribution in [2.45, 2.75) is 68.3 Å². The zero-order valence-corrected chi connectivity index (χ0v) is 20.5. The van der Waals surface area contributed by atoms with E-state index < -0.39 is 41.6 Å². The van der Waals surface area contributed by atoms with Gasteiger partial charge in [-0.15, -0.1) is 6.58 Å². The van der Waals surface area contributed by atoms with Gasteiger partial charge in [0.15, 0.2) is 0 Å². The van der Waals surface area contributed by atoms with Crippen LogP contribution in [0.3, 0.4) is 0 Å². The van der Waals surface area contributed by atoms with Gasteiger partial charge in [0, 0.05) is 17.4 Å². The Balaban J connectivity index is 2.11. The van der Waals surface area contributed by atoms with Crippen LogP contribution in [0.15, 0.2) is 25.3 Å². The molecular formula is C23H33BrN2O6. The molecule has 32 heavy (non-hydrogen) atoms. The Kier molecular flexibility index (Phi) is 7.51. The Morgan fingerprint density at radius 2 is 2.09 bits per heavy atom. The molecule has 1 spiro atoms. The predicted molar refractivity (Wildman–Crippen MR) is 122 cm³/mol. The second-order valence-corrected chi connectivity index (χ2v) is 10.1. The second-order valence-electron chi connectivity index (χ2n) is 8.95. The molecule has 3 aliphatic rings. The first-order valence-corrected chi connectivity index (χ1v) is 12.0. The highest BCUT2D eigenvalue weighted by molar-refractivity contribution is 9.09. The number of carbonyl (C=O) groups is 3. The molecular weight excluding hydrogens is 480 g/mol. The third-order valence-electron chi connectivity index (χ3n) is 6.88. The summed E-state index contributed by atoms with van der Waals surface area (Å²) in [4.78, 5) is 43.6. The number of nitrogens with zero attached hydrogens (tertiary/aromatic N) is 2. The van der Waals surface area contributed by atoms with Crippen LogP contribution in [0.4, 0.5) is 0 Å². The van der Waals surface area contributed by atoms with Gasteiger partial charge < -0.3 is 24.4 Å². The maximum atomic E-state index is 13.9. The first-order chi connectivity index (χ1) is 15.2. The summed E-state index contributed by atoms with van der Waals surface area (Å²) in [6.45, 7) is 13.0. The number of ether oxygens (including phenoxy) is 2. The van der Waals surface area contributed by atoms with Gasteiger partial charge in [-0.1, -0.05) is 41.6 Å². The number of rotatable bonds is 10. The lowest BCUT2D eigenvalue weighted by atomic mass is 9.70. The minimum absolute atomic E-state index is 0.0314. The van der Waals surface area contributed by atoms with E-state index in [0.717, 1.165) is 0 Å². The van der Waals surface area contributed by atoms with Crippen LogP contribution in [0.2, 0.25) is 0 Å². The number of hydrogen-bond donors (Lipinski definition) is 1. The zero-order valence-electron chi connectivity index (χ0n) is 18.9. The smallest absolute Gasteiger partial charge is 0.312 e. The Morgan fingerprint density at radius 3 is 2.62 bits per heavy atom. The fourth-order valence-corrected chi connectivity index (χ4v) is 6.45. The molecule has 1 N–H and O–H groups in total. The third kappa shape index (κ3) is 3.72. The van der Waals surface area contributed by atoms with Gasteiger partial charge >= 0.3 is 5.97 Å². The first kappa shape index (κ1) is 24.9. The highest BCUT2D eigenvalue weighted by atomic mass is 79.9. The lowest BCUT2D eigenvalue weighted by molar-refractivity contribution is -0.156. The average molecular weight is 513 g/mol. The average Bonchev–Trinajstić information content (AvgIpc) is 3.34. The van der Waals surface area contributed by atoms with Crippen LogP contribution in [0, 0.1) is 11.8 Å². The molecule has 3 fully saturated rings. The van der Waals surface area contributed by atoms with E-state index in [1.807, 2.05) is 20.8 Å². The summed E-state index contributed by atoms with van der Waals surface area (Å²) in [5, 5.41) is 10.0. The van der Waals surface area contributed by atoms with Crippen molar-refractivity contribution >= 4 is 33.7 Å². The molecule has 0 aromatic rings. The van der Waals surface area contributed by atoms with Gasteiger partial charge in [0.05, 0.1) is 30.6 Å². The summed E-state index contributed by atoms with van der Waals surface area (Å²) in [5.74, 6) is -2.80. The molecule has 3 aliphatic heterocycles. The maximum absolute atomic E-state index is 13.9. The van der Waals surface area contributed by atoms with E-state index >= 15 is 0 Å². The number of alkyl halides is 1. The Bertz CT molecular complexity index is 784. The fraction of sp³-hybridized carbons (Fsp3) is 0.696. The van der Waals surface area contributed by atoms with Crippen LogP contribution in [0.1, 0.15) is 33.6 Å². The number of aliphatic hydroxyl groups excluding tert-OH is 1. The SMILES string of the molecule is C=CCOC(=O)[C@H]1[C@H]2C(=O)N([C@@H](CC)CO)C(C(=O)N(CC=C)C(C)C)C23CC(Br)[C@@H]1O3. The number of carbonyl (C=O) groups excluding carboxylic acids is 3. The Morgan fingerprint density at radius 1 is 1.41 bits per heavy atom. The molecule has 0 aromatic heterocycles. The molecule has 0 saturated carbocycles. The van der Waals surface area contributed by atoms with Crippen molar-refractivity contribution in [2.75, 3.05) is 19.8 Å². The van der Waals surface area contributed by atoms with Crippen LogP contribution in [0.5, 0.6) is 0 Å². The molecule has 0 radical (unpaired) electrons. The van der Waals surface area contributed by atoms with Crippen LogP contribution < -0.4 is 0 Å². The van der Waals surface area contributed by atoms with Crippen LogP contribution in [-0.4, -0.2) is 87.1 Å². The maximum Gasteiger partial charge on any atom is 0.312 e. The summed E-state index contributed by atoms with van der Waals surface area (Å²) >= 11 is 3.61. The number of fused-ring (bicyclic) bond motifs is 1. The van der Waals surface area contributed by atoms with E-state index in [9.17, 15) is 19.5 Å². The molecule has 3 heterocycles. The van der Waals surface area contributed by atoms with E-state index in [1.54, 1.807) is 11.0 Å². The second kappa shape index (κ2) is 9.65. The van der Waals surface area contributed by atoms with Crippen molar-refractivity contribution < 1.29 is 29.0 Å². The molecule has 2 bridgehead atoms. The number of aliphatic hydroxyl groups is 1. The van der Waals surface area contributed by atoms with Gasteiger partial charge in [-0.25, -0.2) is 0 Å². The Labute approximate surface area is 197 Å². The standard InChI is InChI=1S/C23H33BrN2O6/c1-6-9-25(13(4)5)21(29)19-23-11-15(24)18(32-23)16(22(30)31-10-7-2)17(23)20(28)26(19)14(8-3)12-27/h6-7,13-19,27H,1-2,8-12H2,3-5H3/t14-,15?,16-,17-,18-,19?,23?/m0/s1. The van der Waals surface area contributed by atoms with E-state index in [1.165, 1.54) is 11.0 Å². The van der Waals surface area contributed by atoms with E-state index in [2.05, 4.69) is 29.1 Å². The minimum Gasteiger partial charge on any atom is -0.461 e. The molecule has 7 atom stereocenters. The number of amides is 2. The zero-order chi connectivity index (χ0) is 23.8. The van der Waals surface area contributed by atoms with Crippen molar-refractivity contribution in [3.63, 3.8) is 0 Å². The summed E-state index contributed by atoms with van der Waals surface area (Å²) in [7, 11) is 0. The van der Waals surface area contributed by atoms with Crippen LogP contribution in [-0.2, 0) is 23.9 Å². The molecule has 0 aliphatic carbocycles. The molecule has 0 aromatic carbocycles. The quantitative estimate of drug-likeness (QED) is 0.271. The van der Waals surface area contributed by atoms with E-state index in [-0.39, 0.29) is 35.9 Å². The number of esters is 1. The molecule has 3 rings (SSSR count). The van der Waals surface area contributed by atoms with Crippen molar-refractivity contribution in [3.8, 4) is 0 Å². The molecule has 3 saturated heterocycles. The van der Waals surface area contributed by atoms with Gasteiger partial charge in [-0.3, -0.25) is 14.4 Å². The van der Waals surface area contributed by atoms with E-state index in [0.29, 0.717) is 19.4 Å². The minimum atomic E-state index is -1.16. The molecule has 2 amide bonds. The number of halogens is 1. The lowest BCUT2D eigenvalue weighted by Gasteiger charge is -2.40. The highest BCUT2D eigenvalue weighted by Gasteiger charge is 2.77. The summed E-state index contributed by atoms with van der Waals surface area (Å²) in [6.07, 6.45) is 3.42. The molecule has 9 heteroatoms. The number of hydrogen-bond acceptors (Lipinski definition) is 6. The van der Waals surface area contributed by atoms with Crippen molar-refractivity contribution in [1.82, 2.24) is 9.80 Å². The van der Waals surface area contributed by atoms with Crippen LogP contribution >= 0.6 is 15.9 Å². The van der Waals surface area contributed by atoms with Crippen LogP contribution in [0.25, 0.3) is 0 Å². The monoisotopic (exact) mass is 512 g/mol. The van der Waals surface area contributed by atoms with Gasteiger partial charge in [0.25, 0.3) is 0 Å². The fourth-order valence-electron chi connectivity index (χ4n) is 5.51. The summed E-state index contributed by atoms with van der Waals surface area (Å²) in [5.41, 5.74) is -1.16. The largest absolute Gasteiger partial charge is 0.461 e. The Hall–Kier alpha value is -1.71.